The maximum absolute atomic E-state index is 4.40. The molecule has 0 radical (unpaired) electrons. The van der Waals surface area contributed by atoms with Crippen LogP contribution in [0, 0.1) is 5.92 Å². The zero-order valence-corrected chi connectivity index (χ0v) is 13.4. The molecule has 2 aromatic heterocycles. The third kappa shape index (κ3) is 2.05. The number of nitrogens with one attached hydrogen (secondary N) is 1. The van der Waals surface area contributed by atoms with Crippen LogP contribution in [0.1, 0.15) is 23.5 Å². The van der Waals surface area contributed by atoms with Crippen molar-refractivity contribution in [1.29, 1.82) is 0 Å². The van der Waals surface area contributed by atoms with Crippen molar-refractivity contribution in [2.45, 2.75) is 31.3 Å². The lowest BCUT2D eigenvalue weighted by molar-refractivity contribution is 0.102. The van der Waals surface area contributed by atoms with Crippen LogP contribution >= 0.6 is 0 Å². The van der Waals surface area contributed by atoms with Crippen LogP contribution in [0.15, 0.2) is 42.9 Å². The second-order valence-electron chi connectivity index (χ2n) is 7.23. The van der Waals surface area contributed by atoms with Gasteiger partial charge in [-0.1, -0.05) is 12.1 Å². The Hall–Kier alpha value is -2.07. The lowest BCUT2D eigenvalue weighted by Crippen LogP contribution is -2.48. The smallest absolute Gasteiger partial charge is 0.0489 e. The first kappa shape index (κ1) is 13.4. The van der Waals surface area contributed by atoms with E-state index in [1.807, 2.05) is 12.3 Å². The van der Waals surface area contributed by atoms with E-state index in [0.29, 0.717) is 17.9 Å². The fourth-order valence-electron chi connectivity index (χ4n) is 4.86. The highest BCUT2D eigenvalue weighted by Crippen LogP contribution is 2.44. The van der Waals surface area contributed by atoms with Crippen LogP contribution in [0.25, 0.3) is 10.9 Å². The van der Waals surface area contributed by atoms with E-state index >= 15 is 0 Å². The summed E-state index contributed by atoms with van der Waals surface area (Å²) in [5.41, 5.74) is 4.34. The Morgan fingerprint density at radius 2 is 2.26 bits per heavy atom. The van der Waals surface area contributed by atoms with E-state index in [4.69, 9.17) is 0 Å². The van der Waals surface area contributed by atoms with E-state index in [1.54, 1.807) is 5.56 Å². The highest BCUT2D eigenvalue weighted by Gasteiger charge is 2.39. The number of benzene rings is 1. The van der Waals surface area contributed by atoms with E-state index in [1.165, 1.54) is 29.3 Å². The second kappa shape index (κ2) is 4.96. The molecule has 0 amide bonds. The van der Waals surface area contributed by atoms with Gasteiger partial charge >= 0.3 is 0 Å². The van der Waals surface area contributed by atoms with Gasteiger partial charge in [-0.25, -0.2) is 0 Å². The van der Waals surface area contributed by atoms with Crippen LogP contribution in [0.5, 0.6) is 0 Å². The minimum atomic E-state index is 0.637. The van der Waals surface area contributed by atoms with Gasteiger partial charge in [-0.05, 0) is 49.1 Å². The molecule has 0 spiro atoms. The van der Waals surface area contributed by atoms with E-state index in [0.717, 1.165) is 13.1 Å². The summed E-state index contributed by atoms with van der Waals surface area (Å²) in [7, 11) is 2.30. The average Bonchev–Trinajstić information content (AvgIpc) is 3.20. The monoisotopic (exact) mass is 306 g/mol. The highest BCUT2D eigenvalue weighted by atomic mass is 15.3. The molecule has 4 nitrogen and oxygen atoms in total. The molecule has 3 atom stereocenters. The standard InChI is InChI=1S/C19H22N4/c1-22-11-13(12-23-7-3-6-21-23)8-16-15-4-2-5-17-19(15)14(10-20-17)9-18(16)22/h2-7,10,13,16,18,20H,8-9,11-12H2,1H3/t13-,16?,18+/m0/s1. The third-order valence-corrected chi connectivity index (χ3v) is 5.82. The number of nitrogens with zero attached hydrogens (tertiary/aromatic N) is 3. The van der Waals surface area contributed by atoms with Crippen molar-refractivity contribution in [1.82, 2.24) is 19.7 Å². The van der Waals surface area contributed by atoms with Gasteiger partial charge in [0.15, 0.2) is 0 Å². The van der Waals surface area contributed by atoms with Gasteiger partial charge in [0, 0.05) is 54.5 Å². The highest BCUT2D eigenvalue weighted by molar-refractivity contribution is 5.88. The minimum Gasteiger partial charge on any atom is -0.361 e. The fourth-order valence-corrected chi connectivity index (χ4v) is 4.86. The number of aromatic amines is 1. The Morgan fingerprint density at radius 1 is 1.30 bits per heavy atom. The Labute approximate surface area is 136 Å². The van der Waals surface area contributed by atoms with E-state index in [-0.39, 0.29) is 0 Å². The number of hydrogen-bond donors (Lipinski definition) is 1. The van der Waals surface area contributed by atoms with E-state index < -0.39 is 0 Å². The molecule has 1 unspecified atom stereocenters. The molecule has 0 bridgehead atoms. The molecular weight excluding hydrogens is 284 g/mol. The normalized spacial score (nSPS) is 27.3. The summed E-state index contributed by atoms with van der Waals surface area (Å²) < 4.78 is 2.09. The number of fused-ring (bicyclic) bond motifs is 2. The summed E-state index contributed by atoms with van der Waals surface area (Å²) in [6.07, 6.45) is 8.61. The molecule has 2 aliphatic rings. The molecule has 1 aromatic carbocycles. The Morgan fingerprint density at radius 3 is 3.13 bits per heavy atom. The maximum Gasteiger partial charge on any atom is 0.0489 e. The van der Waals surface area contributed by atoms with Crippen molar-refractivity contribution >= 4 is 10.9 Å². The number of piperidine rings is 1. The molecular formula is C19H22N4. The maximum atomic E-state index is 4.40. The zero-order valence-electron chi connectivity index (χ0n) is 13.4. The Bertz CT molecular complexity index is 832. The second-order valence-corrected chi connectivity index (χ2v) is 7.23. The van der Waals surface area contributed by atoms with Crippen molar-refractivity contribution in [2.75, 3.05) is 13.6 Å². The summed E-state index contributed by atoms with van der Waals surface area (Å²) in [6, 6.07) is 9.41. The summed E-state index contributed by atoms with van der Waals surface area (Å²) >= 11 is 0. The molecule has 0 saturated carbocycles. The largest absolute Gasteiger partial charge is 0.361 e. The molecule has 3 aromatic rings. The molecule has 23 heavy (non-hydrogen) atoms. The number of likely N-dealkylation sites (tertiary alicyclic amines) is 1. The van der Waals surface area contributed by atoms with Crippen molar-refractivity contribution in [3.05, 3.63) is 54.0 Å². The van der Waals surface area contributed by atoms with Gasteiger partial charge in [0.2, 0.25) is 0 Å². The number of rotatable bonds is 2. The summed E-state index contributed by atoms with van der Waals surface area (Å²) in [5.74, 6) is 1.30. The van der Waals surface area contributed by atoms with Gasteiger partial charge in [-0.3, -0.25) is 4.68 Å². The molecule has 1 saturated heterocycles. The topological polar surface area (TPSA) is 36.9 Å². The third-order valence-electron chi connectivity index (χ3n) is 5.82. The molecule has 1 aliphatic heterocycles. The Kier molecular flexibility index (Phi) is 2.89. The molecule has 1 aliphatic carbocycles. The zero-order chi connectivity index (χ0) is 15.4. The predicted octanol–water partition coefficient (Wildman–Crippen LogP) is 3.02. The molecule has 1 fully saturated rings. The quantitative estimate of drug-likeness (QED) is 0.790. The van der Waals surface area contributed by atoms with Crippen LogP contribution < -0.4 is 0 Å². The van der Waals surface area contributed by atoms with E-state index in [9.17, 15) is 0 Å². The lowest BCUT2D eigenvalue weighted by atomic mass is 9.72. The molecule has 118 valence electrons. The fraction of sp³-hybridized carbons (Fsp3) is 0.421. The molecule has 1 N–H and O–H groups in total. The van der Waals surface area contributed by atoms with Crippen LogP contribution in [-0.2, 0) is 13.0 Å². The minimum absolute atomic E-state index is 0.637. The van der Waals surface area contributed by atoms with Crippen LogP contribution in [0.2, 0.25) is 0 Å². The van der Waals surface area contributed by atoms with Crippen molar-refractivity contribution in [3.63, 3.8) is 0 Å². The predicted molar refractivity (Wildman–Crippen MR) is 91.5 cm³/mol. The van der Waals surface area contributed by atoms with Crippen molar-refractivity contribution in [2.24, 2.45) is 5.92 Å². The van der Waals surface area contributed by atoms with Gasteiger partial charge in [-0.2, -0.15) is 5.10 Å². The number of hydrogen-bond acceptors (Lipinski definition) is 2. The summed E-state index contributed by atoms with van der Waals surface area (Å²) in [5, 5.41) is 5.89. The first-order valence-electron chi connectivity index (χ1n) is 8.56. The van der Waals surface area contributed by atoms with Crippen LogP contribution in [0.4, 0.5) is 0 Å². The van der Waals surface area contributed by atoms with Crippen LogP contribution in [-0.4, -0.2) is 39.3 Å². The average molecular weight is 306 g/mol. The first-order valence-corrected chi connectivity index (χ1v) is 8.56. The number of H-pyrrole nitrogens is 1. The summed E-state index contributed by atoms with van der Waals surface area (Å²) in [6.45, 7) is 2.19. The SMILES string of the molecule is CN1C[C@@H](Cn2cccn2)CC2c3cccc4[nH]cc(c34)C[C@H]21. The number of likely N-dealkylation sites (N-methyl/N-ethyl adjacent to an activating group) is 1. The number of aromatic nitrogens is 3. The van der Waals surface area contributed by atoms with Crippen molar-refractivity contribution in [3.8, 4) is 0 Å². The van der Waals surface area contributed by atoms with E-state index in [2.05, 4.69) is 57.3 Å². The lowest BCUT2D eigenvalue weighted by Gasteiger charge is -2.45. The summed E-state index contributed by atoms with van der Waals surface area (Å²) in [4.78, 5) is 6.04. The van der Waals surface area contributed by atoms with Crippen molar-refractivity contribution < 1.29 is 0 Å². The molecule has 4 heteroatoms. The first-order chi connectivity index (χ1) is 11.3. The van der Waals surface area contributed by atoms with Gasteiger partial charge in [-0.15, -0.1) is 0 Å². The Balaban J connectivity index is 1.52. The van der Waals surface area contributed by atoms with Gasteiger partial charge < -0.3 is 9.88 Å². The van der Waals surface area contributed by atoms with Gasteiger partial charge in [0.25, 0.3) is 0 Å². The molecule has 5 rings (SSSR count). The molecule has 3 heterocycles. The van der Waals surface area contributed by atoms with Crippen LogP contribution in [0.3, 0.4) is 0 Å². The van der Waals surface area contributed by atoms with Gasteiger partial charge in [0.05, 0.1) is 0 Å². The van der Waals surface area contributed by atoms with Gasteiger partial charge in [0.1, 0.15) is 0 Å².